The number of hydrogen-bond acceptors (Lipinski definition) is 4. The molecule has 0 spiro atoms. The van der Waals surface area contributed by atoms with E-state index in [0.717, 1.165) is 10.9 Å². The van der Waals surface area contributed by atoms with Crippen molar-refractivity contribution in [2.75, 3.05) is 19.8 Å². The normalized spacial score (nSPS) is 22.4. The highest BCUT2D eigenvalue weighted by atomic mass is 79.9. The van der Waals surface area contributed by atoms with E-state index in [1.807, 2.05) is 12.1 Å². The summed E-state index contributed by atoms with van der Waals surface area (Å²) in [5.41, 5.74) is 4.05. The maximum Gasteiger partial charge on any atom is 0.0978 e. The number of nitrogens with two attached hydrogens (primary N) is 1. The van der Waals surface area contributed by atoms with Crippen LogP contribution in [0.3, 0.4) is 0 Å². The highest BCUT2D eigenvalue weighted by molar-refractivity contribution is 9.10. The van der Waals surface area contributed by atoms with Crippen LogP contribution in [0, 0.1) is 0 Å². The van der Waals surface area contributed by atoms with Crippen LogP contribution in [0.1, 0.15) is 5.56 Å². The van der Waals surface area contributed by atoms with E-state index in [9.17, 15) is 0 Å². The topological polar surface area (TPSA) is 56.5 Å². The van der Waals surface area contributed by atoms with Gasteiger partial charge in [0.1, 0.15) is 0 Å². The lowest BCUT2D eigenvalue weighted by molar-refractivity contribution is -0.101. The lowest BCUT2D eigenvalue weighted by Gasteiger charge is -2.30. The Morgan fingerprint density at radius 1 is 1.35 bits per heavy atom. The fourth-order valence-corrected chi connectivity index (χ4v) is 2.17. The van der Waals surface area contributed by atoms with E-state index in [2.05, 4.69) is 33.5 Å². The van der Waals surface area contributed by atoms with Crippen molar-refractivity contribution in [3.8, 4) is 0 Å². The van der Waals surface area contributed by atoms with Crippen LogP contribution in [0.4, 0.5) is 0 Å². The molecule has 17 heavy (non-hydrogen) atoms. The van der Waals surface area contributed by atoms with Crippen molar-refractivity contribution in [1.29, 1.82) is 0 Å². The maximum absolute atomic E-state index is 5.65. The number of nitrogens with one attached hydrogen (secondary N) is 1. The van der Waals surface area contributed by atoms with E-state index in [4.69, 9.17) is 15.3 Å². The Hall–Kier alpha value is -0.460. The Morgan fingerprint density at radius 2 is 2.12 bits per heavy atom. The minimum atomic E-state index is 0.0254. The van der Waals surface area contributed by atoms with Gasteiger partial charge in [-0.25, -0.2) is 0 Å². The molecular formula is C12H17BrN2O2. The minimum Gasteiger partial charge on any atom is -0.376 e. The van der Waals surface area contributed by atoms with Crippen LogP contribution >= 0.6 is 15.9 Å². The van der Waals surface area contributed by atoms with Crippen molar-refractivity contribution in [2.45, 2.75) is 18.6 Å². The molecule has 4 nitrogen and oxygen atoms in total. The molecule has 3 N–H and O–H groups in total. The number of halogens is 1. The molecule has 0 radical (unpaired) electrons. The molecule has 1 aliphatic rings. The Kier molecular flexibility index (Phi) is 4.94. The molecule has 0 aromatic heterocycles. The molecule has 1 saturated heterocycles. The van der Waals surface area contributed by atoms with E-state index in [-0.39, 0.29) is 12.1 Å². The summed E-state index contributed by atoms with van der Waals surface area (Å²) in [5, 5.41) is 0. The first kappa shape index (κ1) is 13.0. The van der Waals surface area contributed by atoms with Crippen LogP contribution in [0.5, 0.6) is 0 Å². The number of ether oxygens (including phenoxy) is 2. The summed E-state index contributed by atoms with van der Waals surface area (Å²) >= 11 is 3.42. The largest absolute Gasteiger partial charge is 0.376 e. The third-order valence-electron chi connectivity index (χ3n) is 2.87. The third kappa shape index (κ3) is 3.76. The average Bonchev–Trinajstić information content (AvgIpc) is 2.39. The third-order valence-corrected chi connectivity index (χ3v) is 3.40. The summed E-state index contributed by atoms with van der Waals surface area (Å²) in [6, 6.07) is 8.30. The Balaban J connectivity index is 1.96. The van der Waals surface area contributed by atoms with E-state index in [1.54, 1.807) is 0 Å². The second kappa shape index (κ2) is 6.47. The van der Waals surface area contributed by atoms with Gasteiger partial charge in [-0.2, -0.15) is 0 Å². The number of hydrogen-bond donors (Lipinski definition) is 2. The first-order chi connectivity index (χ1) is 8.29. The van der Waals surface area contributed by atoms with E-state index < -0.39 is 0 Å². The summed E-state index contributed by atoms with van der Waals surface area (Å²) in [4.78, 5) is 0. The van der Waals surface area contributed by atoms with Crippen LogP contribution in [0.25, 0.3) is 0 Å². The number of rotatable bonds is 4. The summed E-state index contributed by atoms with van der Waals surface area (Å²) in [6.45, 7) is 1.92. The average molecular weight is 301 g/mol. The zero-order valence-corrected chi connectivity index (χ0v) is 11.2. The molecule has 2 unspecified atom stereocenters. The summed E-state index contributed by atoms with van der Waals surface area (Å²) in [6.07, 6.45) is 0.857. The molecule has 0 amide bonds. The van der Waals surface area contributed by atoms with E-state index in [1.165, 1.54) is 5.56 Å². The summed E-state index contributed by atoms with van der Waals surface area (Å²) < 4.78 is 12.1. The van der Waals surface area contributed by atoms with Crippen LogP contribution in [0.2, 0.25) is 0 Å². The summed E-state index contributed by atoms with van der Waals surface area (Å²) in [5.74, 6) is 5.59. The fraction of sp³-hybridized carbons (Fsp3) is 0.500. The predicted octanol–water partition coefficient (Wildman–Crippen LogP) is 1.24. The number of benzene rings is 1. The van der Waals surface area contributed by atoms with Gasteiger partial charge in [-0.3, -0.25) is 11.3 Å². The molecule has 0 aliphatic carbocycles. The molecular weight excluding hydrogens is 284 g/mol. The summed E-state index contributed by atoms with van der Waals surface area (Å²) in [7, 11) is 0. The standard InChI is InChI=1S/C12H17BrN2O2/c13-10-3-1-9(2-4-10)7-11(15-14)12-8-16-5-6-17-12/h1-4,11-12,15H,5-8,14H2. The van der Waals surface area contributed by atoms with Gasteiger partial charge in [-0.1, -0.05) is 28.1 Å². The van der Waals surface area contributed by atoms with Crippen molar-refractivity contribution < 1.29 is 9.47 Å². The highest BCUT2D eigenvalue weighted by Crippen LogP contribution is 2.14. The molecule has 5 heteroatoms. The molecule has 1 heterocycles. The zero-order chi connectivity index (χ0) is 12.1. The van der Waals surface area contributed by atoms with Crippen molar-refractivity contribution >= 4 is 15.9 Å². The molecule has 1 fully saturated rings. The second-order valence-electron chi connectivity index (χ2n) is 4.09. The zero-order valence-electron chi connectivity index (χ0n) is 9.56. The molecule has 0 bridgehead atoms. The fourth-order valence-electron chi connectivity index (χ4n) is 1.91. The van der Waals surface area contributed by atoms with Crippen LogP contribution in [0.15, 0.2) is 28.7 Å². The van der Waals surface area contributed by atoms with Crippen LogP contribution < -0.4 is 11.3 Å². The first-order valence-electron chi connectivity index (χ1n) is 5.69. The van der Waals surface area contributed by atoms with Gasteiger partial charge in [0.05, 0.1) is 32.0 Å². The van der Waals surface area contributed by atoms with Gasteiger partial charge in [0.2, 0.25) is 0 Å². The Morgan fingerprint density at radius 3 is 2.71 bits per heavy atom. The van der Waals surface area contributed by atoms with E-state index >= 15 is 0 Å². The molecule has 94 valence electrons. The first-order valence-corrected chi connectivity index (χ1v) is 6.49. The lowest BCUT2D eigenvalue weighted by Crippen LogP contribution is -2.50. The van der Waals surface area contributed by atoms with Gasteiger partial charge in [0.15, 0.2) is 0 Å². The molecule has 2 atom stereocenters. The predicted molar refractivity (Wildman–Crippen MR) is 69.5 cm³/mol. The van der Waals surface area contributed by atoms with Gasteiger partial charge in [-0.05, 0) is 24.1 Å². The second-order valence-corrected chi connectivity index (χ2v) is 5.00. The maximum atomic E-state index is 5.65. The smallest absolute Gasteiger partial charge is 0.0978 e. The van der Waals surface area contributed by atoms with Crippen molar-refractivity contribution in [1.82, 2.24) is 5.43 Å². The van der Waals surface area contributed by atoms with Gasteiger partial charge in [-0.15, -0.1) is 0 Å². The van der Waals surface area contributed by atoms with Crippen molar-refractivity contribution in [2.24, 2.45) is 5.84 Å². The van der Waals surface area contributed by atoms with Crippen molar-refractivity contribution in [3.05, 3.63) is 34.3 Å². The molecule has 2 rings (SSSR count). The number of hydrazine groups is 1. The van der Waals surface area contributed by atoms with Crippen LogP contribution in [-0.4, -0.2) is 32.0 Å². The van der Waals surface area contributed by atoms with E-state index in [0.29, 0.717) is 19.8 Å². The molecule has 1 aliphatic heterocycles. The monoisotopic (exact) mass is 300 g/mol. The highest BCUT2D eigenvalue weighted by Gasteiger charge is 2.24. The quantitative estimate of drug-likeness (QED) is 0.649. The van der Waals surface area contributed by atoms with Crippen molar-refractivity contribution in [3.63, 3.8) is 0 Å². The molecule has 0 saturated carbocycles. The molecule has 1 aromatic rings. The Bertz CT molecular complexity index is 339. The van der Waals surface area contributed by atoms with Crippen LogP contribution in [-0.2, 0) is 15.9 Å². The van der Waals surface area contributed by atoms with Gasteiger partial charge in [0, 0.05) is 4.47 Å². The lowest BCUT2D eigenvalue weighted by atomic mass is 10.0. The Labute approximate surface area is 110 Å². The van der Waals surface area contributed by atoms with Gasteiger partial charge < -0.3 is 9.47 Å². The van der Waals surface area contributed by atoms with Gasteiger partial charge in [0.25, 0.3) is 0 Å². The SMILES string of the molecule is NNC(Cc1ccc(Br)cc1)C1COCCO1. The van der Waals surface area contributed by atoms with Gasteiger partial charge >= 0.3 is 0 Å². The molecule has 1 aromatic carbocycles. The minimum absolute atomic E-state index is 0.0254.